The van der Waals surface area contributed by atoms with Crippen LogP contribution in [0.2, 0.25) is 5.02 Å². The van der Waals surface area contributed by atoms with Crippen molar-refractivity contribution in [1.29, 1.82) is 0 Å². The van der Waals surface area contributed by atoms with Crippen molar-refractivity contribution >= 4 is 33.2 Å². The van der Waals surface area contributed by atoms with E-state index in [1.54, 1.807) is 0 Å². The molecule has 0 heterocycles. The van der Waals surface area contributed by atoms with Crippen molar-refractivity contribution in [2.75, 3.05) is 11.9 Å². The molecule has 0 aliphatic carbocycles. The Labute approximate surface area is 126 Å². The van der Waals surface area contributed by atoms with Crippen LogP contribution in [0.25, 0.3) is 0 Å². The molecular weight excluding hydrogens is 326 g/mol. The summed E-state index contributed by atoms with van der Waals surface area (Å²) in [6.07, 6.45) is 0.697. The fraction of sp³-hybridized carbons (Fsp3) is 0.200. The summed E-state index contributed by atoms with van der Waals surface area (Å²) in [4.78, 5) is 0. The topological polar surface area (TPSA) is 32.3 Å². The first-order valence-corrected chi connectivity index (χ1v) is 7.24. The normalized spacial score (nSPS) is 10.5. The molecule has 0 saturated carbocycles. The van der Waals surface area contributed by atoms with Gasteiger partial charge in [0.05, 0.1) is 0 Å². The number of hydrogen-bond acceptors (Lipinski definition) is 2. The summed E-state index contributed by atoms with van der Waals surface area (Å²) in [6, 6.07) is 13.9. The Bertz CT molecular complexity index is 542. The third kappa shape index (κ3) is 4.23. The van der Waals surface area contributed by atoms with Crippen LogP contribution in [0, 0.1) is 0 Å². The Balaban J connectivity index is 1.98. The number of hydrogen-bond donors (Lipinski definition) is 2. The highest BCUT2D eigenvalue weighted by atomic mass is 79.9. The summed E-state index contributed by atoms with van der Waals surface area (Å²) in [5, 5.41) is 12.9. The first kappa shape index (κ1) is 14.4. The molecule has 0 aromatic heterocycles. The second kappa shape index (κ2) is 6.94. The number of halogens is 2. The van der Waals surface area contributed by atoms with Gasteiger partial charge in [-0.15, -0.1) is 0 Å². The molecule has 0 amide bonds. The Morgan fingerprint density at radius 1 is 1.11 bits per heavy atom. The molecule has 2 aromatic carbocycles. The Morgan fingerprint density at radius 2 is 1.84 bits per heavy atom. The van der Waals surface area contributed by atoms with Gasteiger partial charge < -0.3 is 10.4 Å². The summed E-state index contributed by atoms with van der Waals surface area (Å²) < 4.78 is 1.00. The third-order valence-electron chi connectivity index (χ3n) is 2.85. The number of benzene rings is 2. The molecule has 0 unspecified atom stereocenters. The number of nitrogens with one attached hydrogen (secondary N) is 1. The van der Waals surface area contributed by atoms with Gasteiger partial charge in [0.2, 0.25) is 0 Å². The van der Waals surface area contributed by atoms with Crippen LogP contribution in [-0.4, -0.2) is 11.7 Å². The highest BCUT2D eigenvalue weighted by molar-refractivity contribution is 9.10. The Kier molecular flexibility index (Phi) is 5.25. The smallest absolute Gasteiger partial charge is 0.0471 e. The molecule has 0 aliphatic rings. The van der Waals surface area contributed by atoms with E-state index in [0.717, 1.165) is 32.9 Å². The average molecular weight is 341 g/mol. The summed E-state index contributed by atoms with van der Waals surface area (Å²) in [6.45, 7) is 0.918. The number of rotatable bonds is 5. The van der Waals surface area contributed by atoms with Crippen molar-refractivity contribution in [1.82, 2.24) is 0 Å². The molecule has 100 valence electrons. The van der Waals surface area contributed by atoms with Gasteiger partial charge in [-0.05, 0) is 41.8 Å². The Morgan fingerprint density at radius 3 is 2.47 bits per heavy atom. The zero-order valence-electron chi connectivity index (χ0n) is 10.4. The van der Waals surface area contributed by atoms with Crippen LogP contribution >= 0.6 is 27.5 Å². The molecule has 19 heavy (non-hydrogen) atoms. The maximum Gasteiger partial charge on any atom is 0.0471 e. The molecule has 2 N–H and O–H groups in total. The highest BCUT2D eigenvalue weighted by Crippen LogP contribution is 2.22. The van der Waals surface area contributed by atoms with Crippen LogP contribution in [0.3, 0.4) is 0 Å². The minimum Gasteiger partial charge on any atom is -0.396 e. The molecule has 0 spiro atoms. The van der Waals surface area contributed by atoms with Crippen molar-refractivity contribution in [3.63, 3.8) is 0 Å². The largest absolute Gasteiger partial charge is 0.396 e. The monoisotopic (exact) mass is 339 g/mol. The zero-order valence-corrected chi connectivity index (χ0v) is 12.7. The van der Waals surface area contributed by atoms with Crippen molar-refractivity contribution < 1.29 is 5.11 Å². The molecule has 0 atom stereocenters. The minimum atomic E-state index is 0.185. The standard InChI is InChI=1S/C15H15BrClNO/c16-15-9-13(17)4-3-12(15)10-18-14-5-1-11(2-6-14)7-8-19/h1-6,9,18-19H,7-8,10H2. The first-order chi connectivity index (χ1) is 9.19. The van der Waals surface area contributed by atoms with Gasteiger partial charge in [0, 0.05) is 28.3 Å². The van der Waals surface area contributed by atoms with Crippen LogP contribution < -0.4 is 5.32 Å². The molecule has 0 saturated heterocycles. The molecule has 0 aliphatic heterocycles. The quantitative estimate of drug-likeness (QED) is 0.853. The van der Waals surface area contributed by atoms with Crippen molar-refractivity contribution in [3.8, 4) is 0 Å². The Hall–Kier alpha value is -1.03. The zero-order chi connectivity index (χ0) is 13.7. The van der Waals surface area contributed by atoms with Crippen LogP contribution in [0.4, 0.5) is 5.69 Å². The van der Waals surface area contributed by atoms with E-state index in [4.69, 9.17) is 16.7 Å². The fourth-order valence-electron chi connectivity index (χ4n) is 1.78. The molecule has 0 radical (unpaired) electrons. The lowest BCUT2D eigenvalue weighted by Crippen LogP contribution is -2.00. The number of aliphatic hydroxyl groups excluding tert-OH is 1. The lowest BCUT2D eigenvalue weighted by Gasteiger charge is -2.09. The van der Waals surface area contributed by atoms with E-state index in [0.29, 0.717) is 6.42 Å². The third-order valence-corrected chi connectivity index (χ3v) is 3.83. The van der Waals surface area contributed by atoms with Crippen LogP contribution in [0.1, 0.15) is 11.1 Å². The first-order valence-electron chi connectivity index (χ1n) is 6.06. The predicted octanol–water partition coefficient (Wildman–Crippen LogP) is 4.25. The van der Waals surface area contributed by atoms with Gasteiger partial charge in [0.15, 0.2) is 0 Å². The molecule has 0 bridgehead atoms. The van der Waals surface area contributed by atoms with Gasteiger partial charge >= 0.3 is 0 Å². The van der Waals surface area contributed by atoms with Gasteiger partial charge in [0.25, 0.3) is 0 Å². The maximum absolute atomic E-state index is 8.86. The van der Waals surface area contributed by atoms with Gasteiger partial charge in [-0.2, -0.15) is 0 Å². The van der Waals surface area contributed by atoms with Gasteiger partial charge in [-0.3, -0.25) is 0 Å². The van der Waals surface area contributed by atoms with Crippen LogP contribution in [0.15, 0.2) is 46.9 Å². The van der Waals surface area contributed by atoms with Gasteiger partial charge in [0.1, 0.15) is 0 Å². The van der Waals surface area contributed by atoms with E-state index in [-0.39, 0.29) is 6.61 Å². The van der Waals surface area contributed by atoms with Crippen LogP contribution in [-0.2, 0) is 13.0 Å². The van der Waals surface area contributed by atoms with Gasteiger partial charge in [-0.25, -0.2) is 0 Å². The van der Waals surface area contributed by atoms with Gasteiger partial charge in [-0.1, -0.05) is 45.7 Å². The van der Waals surface area contributed by atoms with E-state index >= 15 is 0 Å². The van der Waals surface area contributed by atoms with E-state index in [1.807, 2.05) is 42.5 Å². The van der Waals surface area contributed by atoms with Crippen molar-refractivity contribution in [2.24, 2.45) is 0 Å². The molecule has 2 aromatic rings. The lowest BCUT2D eigenvalue weighted by atomic mass is 10.1. The molecule has 4 heteroatoms. The summed E-state index contributed by atoms with van der Waals surface area (Å²) in [5.41, 5.74) is 3.35. The van der Waals surface area contributed by atoms with E-state index in [1.165, 1.54) is 0 Å². The van der Waals surface area contributed by atoms with Crippen molar-refractivity contribution in [3.05, 3.63) is 63.1 Å². The maximum atomic E-state index is 8.86. The SMILES string of the molecule is OCCc1ccc(NCc2ccc(Cl)cc2Br)cc1. The fourth-order valence-corrected chi connectivity index (χ4v) is 2.60. The summed E-state index contributed by atoms with van der Waals surface area (Å²) in [7, 11) is 0. The second-order valence-corrected chi connectivity index (χ2v) is 5.55. The highest BCUT2D eigenvalue weighted by Gasteiger charge is 2.01. The second-order valence-electron chi connectivity index (χ2n) is 4.26. The molecule has 2 nitrogen and oxygen atoms in total. The minimum absolute atomic E-state index is 0.185. The lowest BCUT2D eigenvalue weighted by molar-refractivity contribution is 0.299. The average Bonchev–Trinajstić information content (AvgIpc) is 2.40. The van der Waals surface area contributed by atoms with E-state index in [2.05, 4.69) is 21.2 Å². The number of anilines is 1. The van der Waals surface area contributed by atoms with Crippen LogP contribution in [0.5, 0.6) is 0 Å². The van der Waals surface area contributed by atoms with Crippen molar-refractivity contribution in [2.45, 2.75) is 13.0 Å². The summed E-state index contributed by atoms with van der Waals surface area (Å²) in [5.74, 6) is 0. The van der Waals surface area contributed by atoms with E-state index < -0.39 is 0 Å². The molecular formula is C15H15BrClNO. The molecule has 0 fully saturated rings. The number of aliphatic hydroxyl groups is 1. The predicted molar refractivity (Wildman–Crippen MR) is 83.7 cm³/mol. The van der Waals surface area contributed by atoms with E-state index in [9.17, 15) is 0 Å². The molecule has 2 rings (SSSR count). The summed E-state index contributed by atoms with van der Waals surface area (Å²) >= 11 is 9.41.